The zero-order valence-electron chi connectivity index (χ0n) is 9.20. The predicted octanol–water partition coefficient (Wildman–Crippen LogP) is 2.02. The van der Waals surface area contributed by atoms with Gasteiger partial charge in [0, 0.05) is 25.9 Å². The minimum atomic E-state index is 0.272. The Kier molecular flexibility index (Phi) is 5.81. The van der Waals surface area contributed by atoms with Crippen molar-refractivity contribution >= 4 is 5.69 Å². The number of ether oxygens (including phenoxy) is 1. The molecule has 0 saturated heterocycles. The highest BCUT2D eigenvalue weighted by Gasteiger charge is 1.93. The zero-order chi connectivity index (χ0) is 10.9. The van der Waals surface area contributed by atoms with Crippen LogP contribution in [0, 0.1) is 0 Å². The van der Waals surface area contributed by atoms with E-state index in [-0.39, 0.29) is 6.61 Å². The summed E-state index contributed by atoms with van der Waals surface area (Å²) in [6.07, 6.45) is 1.85. The lowest BCUT2D eigenvalue weighted by Crippen LogP contribution is -2.02. The average molecular weight is 209 g/mol. The molecular weight excluding hydrogens is 190 g/mol. The molecule has 0 unspecified atom stereocenters. The Morgan fingerprint density at radius 1 is 1.20 bits per heavy atom. The van der Waals surface area contributed by atoms with E-state index < -0.39 is 0 Å². The molecule has 3 heteroatoms. The van der Waals surface area contributed by atoms with Crippen LogP contribution in [0.5, 0.6) is 0 Å². The Morgan fingerprint density at radius 2 is 1.93 bits per heavy atom. The molecule has 3 nitrogen and oxygen atoms in total. The third-order valence-electron chi connectivity index (χ3n) is 2.18. The van der Waals surface area contributed by atoms with Crippen LogP contribution in [0.15, 0.2) is 24.3 Å². The normalized spacial score (nSPS) is 10.3. The second kappa shape index (κ2) is 7.26. The van der Waals surface area contributed by atoms with Gasteiger partial charge in [0.15, 0.2) is 0 Å². The van der Waals surface area contributed by atoms with Crippen LogP contribution < -0.4 is 5.32 Å². The van der Waals surface area contributed by atoms with E-state index in [1.54, 1.807) is 7.11 Å². The Balaban J connectivity index is 2.29. The summed E-state index contributed by atoms with van der Waals surface area (Å²) in [5, 5.41) is 11.9. The van der Waals surface area contributed by atoms with Crippen LogP contribution in [-0.4, -0.2) is 25.4 Å². The van der Waals surface area contributed by atoms with Gasteiger partial charge in [0.1, 0.15) is 0 Å². The Labute approximate surface area is 91.1 Å². The molecule has 0 aliphatic rings. The van der Waals surface area contributed by atoms with Crippen LogP contribution >= 0.6 is 0 Å². The predicted molar refractivity (Wildman–Crippen MR) is 62.0 cm³/mol. The van der Waals surface area contributed by atoms with Crippen molar-refractivity contribution in [1.29, 1.82) is 0 Å². The summed E-state index contributed by atoms with van der Waals surface area (Å²) in [7, 11) is 1.70. The van der Waals surface area contributed by atoms with Crippen molar-refractivity contribution in [3.63, 3.8) is 0 Å². The first-order valence-electron chi connectivity index (χ1n) is 5.29. The molecule has 0 saturated carbocycles. The van der Waals surface area contributed by atoms with Crippen molar-refractivity contribution in [2.45, 2.75) is 19.4 Å². The Hall–Kier alpha value is -1.06. The van der Waals surface area contributed by atoms with Crippen LogP contribution in [0.25, 0.3) is 0 Å². The van der Waals surface area contributed by atoms with E-state index in [0.29, 0.717) is 6.61 Å². The van der Waals surface area contributed by atoms with Gasteiger partial charge in [-0.2, -0.15) is 0 Å². The molecule has 0 fully saturated rings. The Bertz CT molecular complexity index is 259. The van der Waals surface area contributed by atoms with Gasteiger partial charge in [-0.1, -0.05) is 12.1 Å². The van der Waals surface area contributed by atoms with Gasteiger partial charge >= 0.3 is 0 Å². The minimum absolute atomic E-state index is 0.272. The van der Waals surface area contributed by atoms with Crippen molar-refractivity contribution in [3.05, 3.63) is 29.8 Å². The molecule has 0 atom stereocenters. The zero-order valence-corrected chi connectivity index (χ0v) is 9.20. The molecule has 1 rings (SSSR count). The van der Waals surface area contributed by atoms with Crippen LogP contribution in [0.4, 0.5) is 5.69 Å². The third-order valence-corrected chi connectivity index (χ3v) is 2.18. The highest BCUT2D eigenvalue weighted by molar-refractivity contribution is 5.44. The summed E-state index contributed by atoms with van der Waals surface area (Å²) in [6, 6.07) is 8.20. The number of benzene rings is 1. The molecule has 0 aromatic heterocycles. The minimum Gasteiger partial charge on any atom is -0.396 e. The quantitative estimate of drug-likeness (QED) is 0.675. The molecule has 0 spiro atoms. The fourth-order valence-corrected chi connectivity index (χ4v) is 1.36. The fourth-order valence-electron chi connectivity index (χ4n) is 1.36. The SMILES string of the molecule is COCc1ccc(NCCCCO)cc1. The molecule has 0 aliphatic heterocycles. The fraction of sp³-hybridized carbons (Fsp3) is 0.500. The number of hydrogen-bond acceptors (Lipinski definition) is 3. The first kappa shape index (κ1) is 12.0. The molecule has 1 aromatic rings. The summed E-state index contributed by atoms with van der Waals surface area (Å²) in [5.41, 5.74) is 2.30. The summed E-state index contributed by atoms with van der Waals surface area (Å²) in [6.45, 7) is 1.84. The van der Waals surface area contributed by atoms with Gasteiger partial charge < -0.3 is 15.2 Å². The monoisotopic (exact) mass is 209 g/mol. The highest BCUT2D eigenvalue weighted by atomic mass is 16.5. The lowest BCUT2D eigenvalue weighted by molar-refractivity contribution is 0.185. The molecule has 84 valence electrons. The molecule has 0 amide bonds. The maximum Gasteiger partial charge on any atom is 0.0713 e. The number of hydrogen-bond donors (Lipinski definition) is 2. The number of aliphatic hydroxyl groups is 1. The molecule has 1 aromatic carbocycles. The van der Waals surface area contributed by atoms with E-state index in [1.165, 1.54) is 5.56 Å². The second-order valence-electron chi connectivity index (χ2n) is 3.49. The number of aliphatic hydroxyl groups excluding tert-OH is 1. The number of unbranched alkanes of at least 4 members (excludes halogenated alkanes) is 1. The lowest BCUT2D eigenvalue weighted by Gasteiger charge is -2.06. The molecular formula is C12H19NO2. The van der Waals surface area contributed by atoms with Crippen molar-refractivity contribution in [1.82, 2.24) is 0 Å². The smallest absolute Gasteiger partial charge is 0.0713 e. The first-order chi connectivity index (χ1) is 7.36. The van der Waals surface area contributed by atoms with Crippen LogP contribution in [0.2, 0.25) is 0 Å². The maximum atomic E-state index is 8.62. The molecule has 0 bridgehead atoms. The maximum absolute atomic E-state index is 8.62. The second-order valence-corrected chi connectivity index (χ2v) is 3.49. The molecule has 0 radical (unpaired) electrons. The van der Waals surface area contributed by atoms with Gasteiger partial charge in [0.2, 0.25) is 0 Å². The van der Waals surface area contributed by atoms with E-state index in [4.69, 9.17) is 9.84 Å². The summed E-state index contributed by atoms with van der Waals surface area (Å²) in [4.78, 5) is 0. The van der Waals surface area contributed by atoms with Gasteiger partial charge in [0.05, 0.1) is 6.61 Å². The standard InChI is InChI=1S/C12H19NO2/c1-15-10-11-4-6-12(7-5-11)13-8-2-3-9-14/h4-7,13-14H,2-3,8-10H2,1H3. The van der Waals surface area contributed by atoms with E-state index in [2.05, 4.69) is 17.4 Å². The summed E-state index contributed by atoms with van der Waals surface area (Å²) < 4.78 is 5.03. The van der Waals surface area contributed by atoms with Gasteiger partial charge in [0.25, 0.3) is 0 Å². The van der Waals surface area contributed by atoms with Crippen molar-refractivity contribution < 1.29 is 9.84 Å². The summed E-state index contributed by atoms with van der Waals surface area (Å²) in [5.74, 6) is 0. The molecule has 2 N–H and O–H groups in total. The van der Waals surface area contributed by atoms with Gasteiger partial charge in [-0.3, -0.25) is 0 Å². The summed E-state index contributed by atoms with van der Waals surface area (Å²) >= 11 is 0. The first-order valence-corrected chi connectivity index (χ1v) is 5.29. The number of rotatable bonds is 7. The van der Waals surface area contributed by atoms with Crippen molar-refractivity contribution in [2.24, 2.45) is 0 Å². The van der Waals surface area contributed by atoms with Gasteiger partial charge in [-0.05, 0) is 30.5 Å². The lowest BCUT2D eigenvalue weighted by atomic mass is 10.2. The molecule has 0 aliphatic carbocycles. The van der Waals surface area contributed by atoms with Crippen molar-refractivity contribution in [2.75, 3.05) is 25.6 Å². The molecule has 0 heterocycles. The topological polar surface area (TPSA) is 41.5 Å². The number of nitrogens with one attached hydrogen (secondary N) is 1. The van der Waals surface area contributed by atoms with Crippen LogP contribution in [0.3, 0.4) is 0 Å². The number of anilines is 1. The third kappa shape index (κ3) is 4.81. The van der Waals surface area contributed by atoms with Crippen LogP contribution in [0.1, 0.15) is 18.4 Å². The van der Waals surface area contributed by atoms with Crippen molar-refractivity contribution in [3.8, 4) is 0 Å². The van der Waals surface area contributed by atoms with Crippen LogP contribution in [-0.2, 0) is 11.3 Å². The van der Waals surface area contributed by atoms with E-state index in [0.717, 1.165) is 25.1 Å². The largest absolute Gasteiger partial charge is 0.396 e. The number of methoxy groups -OCH3 is 1. The van der Waals surface area contributed by atoms with E-state index in [9.17, 15) is 0 Å². The average Bonchev–Trinajstić information content (AvgIpc) is 2.27. The van der Waals surface area contributed by atoms with E-state index in [1.807, 2.05) is 12.1 Å². The van der Waals surface area contributed by atoms with E-state index >= 15 is 0 Å². The molecule has 15 heavy (non-hydrogen) atoms. The van der Waals surface area contributed by atoms with Gasteiger partial charge in [-0.25, -0.2) is 0 Å². The highest BCUT2D eigenvalue weighted by Crippen LogP contribution is 2.10. The Morgan fingerprint density at radius 3 is 2.53 bits per heavy atom. The van der Waals surface area contributed by atoms with Gasteiger partial charge in [-0.15, -0.1) is 0 Å².